The molecule has 20 heteroatoms. The van der Waals surface area contributed by atoms with E-state index in [9.17, 15) is 49.5 Å². The average Bonchev–Trinajstić information content (AvgIpc) is 3.36. The maximum Gasteiger partial charge on any atom is 0.330 e. The molecule has 8 atom stereocenters. The van der Waals surface area contributed by atoms with Gasteiger partial charge in [0.1, 0.15) is 36.6 Å². The largest absolute Gasteiger partial charge is 0.490 e. The van der Waals surface area contributed by atoms with E-state index in [2.05, 4.69) is 5.32 Å². The minimum absolute atomic E-state index is 0.141. The second kappa shape index (κ2) is 13.5. The Hall–Kier alpha value is -3.73. The van der Waals surface area contributed by atoms with Gasteiger partial charge in [0.05, 0.1) is 33.1 Å². The van der Waals surface area contributed by atoms with E-state index in [1.807, 2.05) is 9.97 Å². The lowest BCUT2D eigenvalue weighted by Gasteiger charge is -2.33. The van der Waals surface area contributed by atoms with Crippen LogP contribution in [0.5, 0.6) is 5.75 Å². The minimum atomic E-state index is -1.89. The van der Waals surface area contributed by atoms with Crippen molar-refractivity contribution in [3.8, 4) is 5.75 Å². The Morgan fingerprint density at radius 1 is 1.02 bits per heavy atom. The molecule has 2 aliphatic heterocycles. The third-order valence-corrected chi connectivity index (χ3v) is 6.53. The summed E-state index contributed by atoms with van der Waals surface area (Å²) in [6, 6.07) is 1.01. The van der Waals surface area contributed by atoms with Crippen LogP contribution < -0.4 is 32.6 Å². The molecule has 42 heavy (non-hydrogen) atoms. The van der Waals surface area contributed by atoms with Crippen LogP contribution in [0.25, 0.3) is 0 Å². The molecule has 2 aromatic rings. The average molecular weight is 606 g/mol. The van der Waals surface area contributed by atoms with Crippen molar-refractivity contribution >= 4 is 5.97 Å². The van der Waals surface area contributed by atoms with Gasteiger partial charge in [-0.2, -0.15) is 0 Å². The molecule has 20 nitrogen and oxygen atoms in total. The number of aromatic amines is 2. The van der Waals surface area contributed by atoms with Gasteiger partial charge >= 0.3 is 17.3 Å². The SMILES string of the molecule is COc1cn([C@@H]2O[C@H](CO)[C@@H](O)[C@H]2O)c(=O)[nH]c1=O.O=C(O)CNC[C@@]1(n2ccc(=O)[nH]c2=O)O[C@H](CO)[C@@H](O)[C@H]1O. The summed E-state index contributed by atoms with van der Waals surface area (Å²) in [4.78, 5) is 60.8. The van der Waals surface area contributed by atoms with Gasteiger partial charge in [-0.1, -0.05) is 0 Å². The van der Waals surface area contributed by atoms with Gasteiger partial charge in [0.15, 0.2) is 12.0 Å². The fraction of sp³-hybridized carbons (Fsp3) is 0.591. The summed E-state index contributed by atoms with van der Waals surface area (Å²) >= 11 is 0. The van der Waals surface area contributed by atoms with Gasteiger partial charge in [-0.3, -0.25) is 33.5 Å². The first kappa shape index (κ1) is 32.8. The van der Waals surface area contributed by atoms with E-state index in [4.69, 9.17) is 24.4 Å². The number of nitrogens with one attached hydrogen (secondary N) is 3. The Morgan fingerprint density at radius 3 is 2.21 bits per heavy atom. The third kappa shape index (κ3) is 6.51. The Balaban J connectivity index is 0.000000235. The highest BCUT2D eigenvalue weighted by Gasteiger charge is 2.55. The van der Waals surface area contributed by atoms with Crippen molar-refractivity contribution in [1.82, 2.24) is 24.4 Å². The highest BCUT2D eigenvalue weighted by molar-refractivity contribution is 5.69. The summed E-state index contributed by atoms with van der Waals surface area (Å²) in [5.74, 6) is -1.32. The smallest absolute Gasteiger partial charge is 0.330 e. The van der Waals surface area contributed by atoms with E-state index in [1.165, 1.54) is 7.11 Å². The number of nitrogens with zero attached hydrogens (tertiary/aromatic N) is 2. The number of hydrogen-bond donors (Lipinski definition) is 10. The Labute approximate surface area is 233 Å². The molecule has 0 aromatic carbocycles. The van der Waals surface area contributed by atoms with Crippen molar-refractivity contribution in [2.75, 3.05) is 33.4 Å². The fourth-order valence-electron chi connectivity index (χ4n) is 4.42. The molecule has 0 saturated carbocycles. The van der Waals surface area contributed by atoms with Crippen molar-refractivity contribution in [1.29, 1.82) is 0 Å². The third-order valence-electron chi connectivity index (χ3n) is 6.53. The van der Waals surface area contributed by atoms with Crippen LogP contribution in [0.1, 0.15) is 6.23 Å². The number of carbonyl (C=O) groups is 1. The van der Waals surface area contributed by atoms with Gasteiger partial charge in [-0.25, -0.2) is 9.59 Å². The van der Waals surface area contributed by atoms with Crippen LogP contribution in [-0.2, 0) is 20.0 Å². The summed E-state index contributed by atoms with van der Waals surface area (Å²) in [6.45, 7) is -1.99. The van der Waals surface area contributed by atoms with Gasteiger partial charge in [-0.15, -0.1) is 0 Å². The standard InChI is InChI=1S/C12H17N3O8.C10H14N2O7/c16-4-6-9(20)10(21)12(23-6,5-13-3-8(18)19)15-2-1-7(17)14-11(15)22;1-18-4-2-12(10(17)11-8(4)16)9-7(15)6(14)5(3-13)19-9/h1-2,6,9-10,13,16,20-21H,3-5H2,(H,18,19)(H,14,17,22);2,5-7,9,13-15H,3H2,1H3,(H,11,16,17)/t6-,9-,10-,12-;5-,6-,7-,9-/m11/s1. The molecular weight excluding hydrogens is 574 g/mol. The van der Waals surface area contributed by atoms with Gasteiger partial charge in [0, 0.05) is 18.8 Å². The van der Waals surface area contributed by atoms with Gasteiger partial charge in [0.2, 0.25) is 5.75 Å². The lowest BCUT2D eigenvalue weighted by molar-refractivity contribution is -0.150. The number of carboxylic acid groups (broad SMARTS) is 1. The van der Waals surface area contributed by atoms with Crippen LogP contribution in [0.4, 0.5) is 0 Å². The second-order valence-electron chi connectivity index (χ2n) is 9.19. The van der Waals surface area contributed by atoms with Crippen molar-refractivity contribution < 1.29 is 54.8 Å². The highest BCUT2D eigenvalue weighted by Crippen LogP contribution is 2.34. The van der Waals surface area contributed by atoms with E-state index in [0.29, 0.717) is 0 Å². The normalized spacial score (nSPS) is 30.5. The molecule has 234 valence electrons. The molecule has 4 heterocycles. The molecule has 0 aliphatic carbocycles. The molecule has 2 saturated heterocycles. The zero-order valence-corrected chi connectivity index (χ0v) is 21.9. The number of aromatic nitrogens is 4. The Morgan fingerprint density at radius 2 is 1.69 bits per heavy atom. The predicted octanol–water partition coefficient (Wildman–Crippen LogP) is -6.87. The Bertz CT molecular complexity index is 1470. The van der Waals surface area contributed by atoms with E-state index in [0.717, 1.165) is 27.6 Å². The number of hydrogen-bond acceptors (Lipinski definition) is 15. The molecule has 2 aromatic heterocycles. The minimum Gasteiger partial charge on any atom is -0.490 e. The van der Waals surface area contributed by atoms with Crippen molar-refractivity contribution in [3.63, 3.8) is 0 Å². The second-order valence-corrected chi connectivity index (χ2v) is 9.19. The number of aliphatic hydroxyl groups excluding tert-OH is 6. The number of H-pyrrole nitrogens is 2. The van der Waals surface area contributed by atoms with E-state index < -0.39 is 96.8 Å². The van der Waals surface area contributed by atoms with Crippen LogP contribution in [0.15, 0.2) is 37.6 Å². The first-order valence-corrected chi connectivity index (χ1v) is 12.2. The molecule has 0 amide bonds. The number of aliphatic carboxylic acids is 1. The Kier molecular flexibility index (Phi) is 10.5. The van der Waals surface area contributed by atoms with Gasteiger partial charge in [0.25, 0.3) is 11.1 Å². The molecular formula is C22H31N5O15. The molecule has 0 bridgehead atoms. The molecule has 2 aliphatic rings. The molecule has 0 radical (unpaired) electrons. The lowest BCUT2D eigenvalue weighted by atomic mass is 10.0. The van der Waals surface area contributed by atoms with E-state index >= 15 is 0 Å². The topological polar surface area (TPSA) is 308 Å². The maximum atomic E-state index is 12.0. The van der Waals surface area contributed by atoms with E-state index in [1.54, 1.807) is 0 Å². The lowest BCUT2D eigenvalue weighted by Crippen LogP contribution is -2.57. The predicted molar refractivity (Wildman–Crippen MR) is 135 cm³/mol. The maximum absolute atomic E-state index is 12.0. The highest BCUT2D eigenvalue weighted by atomic mass is 16.6. The van der Waals surface area contributed by atoms with Crippen LogP contribution in [-0.4, -0.2) is 131 Å². The summed E-state index contributed by atoms with van der Waals surface area (Å²) in [6.07, 6.45) is -7.19. The molecule has 0 spiro atoms. The monoisotopic (exact) mass is 605 g/mol. The zero-order chi connectivity index (χ0) is 31.4. The van der Waals surface area contributed by atoms with E-state index in [-0.39, 0.29) is 12.3 Å². The van der Waals surface area contributed by atoms with Gasteiger partial charge in [-0.05, 0) is 0 Å². The van der Waals surface area contributed by atoms with Gasteiger partial charge < -0.3 is 55.3 Å². The van der Waals surface area contributed by atoms with Crippen molar-refractivity contribution in [2.45, 2.75) is 48.6 Å². The summed E-state index contributed by atoms with van der Waals surface area (Å²) in [7, 11) is 1.25. The van der Waals surface area contributed by atoms with Crippen LogP contribution in [0.2, 0.25) is 0 Å². The first-order valence-electron chi connectivity index (χ1n) is 12.2. The van der Waals surface area contributed by atoms with Crippen LogP contribution >= 0.6 is 0 Å². The quantitative estimate of drug-likeness (QED) is 0.127. The van der Waals surface area contributed by atoms with Crippen molar-refractivity contribution in [2.24, 2.45) is 0 Å². The molecule has 0 unspecified atom stereocenters. The fourth-order valence-corrected chi connectivity index (χ4v) is 4.42. The molecule has 10 N–H and O–H groups in total. The number of methoxy groups -OCH3 is 1. The summed E-state index contributed by atoms with van der Waals surface area (Å²) < 4.78 is 17.1. The molecule has 4 rings (SSSR count). The molecule has 2 fully saturated rings. The van der Waals surface area contributed by atoms with Crippen LogP contribution in [0.3, 0.4) is 0 Å². The van der Waals surface area contributed by atoms with Crippen molar-refractivity contribution in [3.05, 3.63) is 60.1 Å². The zero-order valence-electron chi connectivity index (χ0n) is 21.9. The number of carboxylic acids is 1. The summed E-state index contributed by atoms with van der Waals surface area (Å²) in [5, 5.41) is 69.0. The van der Waals surface area contributed by atoms with Crippen LogP contribution in [0, 0.1) is 0 Å². The summed E-state index contributed by atoms with van der Waals surface area (Å²) in [5.41, 5.74) is -5.01. The number of aliphatic hydroxyl groups is 6. The first-order chi connectivity index (χ1) is 19.8. The number of ether oxygens (including phenoxy) is 3. The number of rotatable bonds is 9.